The molecule has 1 aliphatic rings. The van der Waals surface area contributed by atoms with Crippen molar-refractivity contribution in [1.82, 2.24) is 9.80 Å². The maximum Gasteiger partial charge on any atom is 0.257 e. The van der Waals surface area contributed by atoms with E-state index in [0.717, 1.165) is 0 Å². The van der Waals surface area contributed by atoms with E-state index in [2.05, 4.69) is 0 Å². The number of carbonyl (C=O) groups is 2. The third kappa shape index (κ3) is 4.04. The van der Waals surface area contributed by atoms with Crippen LogP contribution in [0.15, 0.2) is 18.2 Å². The van der Waals surface area contributed by atoms with E-state index in [0.29, 0.717) is 41.8 Å². The molecular formula is C14H18Cl3N3O2. The first kappa shape index (κ1) is 19.0. The van der Waals surface area contributed by atoms with E-state index in [-0.39, 0.29) is 24.2 Å². The van der Waals surface area contributed by atoms with Gasteiger partial charge in [0.15, 0.2) is 0 Å². The molecule has 1 heterocycles. The zero-order valence-electron chi connectivity index (χ0n) is 12.1. The fourth-order valence-corrected chi connectivity index (χ4v) is 2.84. The van der Waals surface area contributed by atoms with Gasteiger partial charge in [-0.2, -0.15) is 0 Å². The highest BCUT2D eigenvalue weighted by Gasteiger charge is 2.27. The molecule has 2 rings (SSSR count). The zero-order chi connectivity index (χ0) is 15.6. The Balaban J connectivity index is 0.00000242. The Hall–Kier alpha value is -1.01. The van der Waals surface area contributed by atoms with Gasteiger partial charge in [0.25, 0.3) is 5.91 Å². The number of amides is 2. The molecule has 0 aliphatic carbocycles. The molecule has 122 valence electrons. The molecule has 0 saturated carbocycles. The molecule has 1 aromatic carbocycles. The van der Waals surface area contributed by atoms with Crippen molar-refractivity contribution in [2.45, 2.75) is 13.0 Å². The van der Waals surface area contributed by atoms with Gasteiger partial charge in [0.2, 0.25) is 5.91 Å². The summed E-state index contributed by atoms with van der Waals surface area (Å²) >= 11 is 12.1. The maximum absolute atomic E-state index is 12.5. The quantitative estimate of drug-likeness (QED) is 0.871. The molecule has 1 aliphatic heterocycles. The molecule has 0 bridgehead atoms. The monoisotopic (exact) mass is 365 g/mol. The Bertz CT molecular complexity index is 538. The summed E-state index contributed by atoms with van der Waals surface area (Å²) in [5.74, 6) is -0.309. The lowest BCUT2D eigenvalue weighted by atomic mass is 10.1. The van der Waals surface area contributed by atoms with Crippen LogP contribution >= 0.6 is 35.6 Å². The van der Waals surface area contributed by atoms with Crippen LogP contribution in [0.3, 0.4) is 0 Å². The van der Waals surface area contributed by atoms with Crippen molar-refractivity contribution in [2.24, 2.45) is 5.73 Å². The third-order valence-corrected chi connectivity index (χ3v) is 4.07. The highest BCUT2D eigenvalue weighted by Crippen LogP contribution is 2.26. The topological polar surface area (TPSA) is 66.6 Å². The van der Waals surface area contributed by atoms with Crippen LogP contribution in [0.5, 0.6) is 0 Å². The molecule has 1 aromatic rings. The first-order valence-electron chi connectivity index (χ1n) is 6.69. The van der Waals surface area contributed by atoms with E-state index < -0.39 is 6.04 Å². The number of rotatable bonds is 2. The van der Waals surface area contributed by atoms with Gasteiger partial charge in [0.05, 0.1) is 21.7 Å². The summed E-state index contributed by atoms with van der Waals surface area (Å²) in [5, 5.41) is 0.670. The number of carbonyl (C=O) groups excluding carboxylic acids is 2. The summed E-state index contributed by atoms with van der Waals surface area (Å²) in [6.45, 7) is 3.48. The second kappa shape index (κ2) is 8.02. The van der Waals surface area contributed by atoms with Crippen LogP contribution in [0.4, 0.5) is 0 Å². The van der Waals surface area contributed by atoms with E-state index in [1.54, 1.807) is 34.9 Å². The minimum Gasteiger partial charge on any atom is -0.338 e. The number of hydrogen-bond acceptors (Lipinski definition) is 3. The number of piperazine rings is 1. The predicted molar refractivity (Wildman–Crippen MR) is 89.8 cm³/mol. The van der Waals surface area contributed by atoms with Crippen molar-refractivity contribution < 1.29 is 9.59 Å². The molecule has 1 fully saturated rings. The van der Waals surface area contributed by atoms with Gasteiger partial charge in [-0.05, 0) is 19.1 Å². The molecule has 0 aromatic heterocycles. The maximum atomic E-state index is 12.5. The highest BCUT2D eigenvalue weighted by molar-refractivity contribution is 6.39. The van der Waals surface area contributed by atoms with E-state index >= 15 is 0 Å². The van der Waals surface area contributed by atoms with E-state index in [1.807, 2.05) is 0 Å². The van der Waals surface area contributed by atoms with Crippen LogP contribution in [-0.4, -0.2) is 53.8 Å². The van der Waals surface area contributed by atoms with Crippen molar-refractivity contribution >= 4 is 47.4 Å². The van der Waals surface area contributed by atoms with Crippen molar-refractivity contribution in [3.63, 3.8) is 0 Å². The second-order valence-corrected chi connectivity index (χ2v) is 5.82. The van der Waals surface area contributed by atoms with Crippen molar-refractivity contribution in [3.05, 3.63) is 33.8 Å². The molecule has 1 atom stereocenters. The largest absolute Gasteiger partial charge is 0.338 e. The van der Waals surface area contributed by atoms with Crippen LogP contribution in [-0.2, 0) is 4.79 Å². The molecule has 5 nitrogen and oxygen atoms in total. The van der Waals surface area contributed by atoms with Gasteiger partial charge in [-0.3, -0.25) is 9.59 Å². The third-order valence-electron chi connectivity index (χ3n) is 3.44. The summed E-state index contributed by atoms with van der Waals surface area (Å²) in [6.07, 6.45) is 0. The van der Waals surface area contributed by atoms with Gasteiger partial charge in [0, 0.05) is 26.2 Å². The van der Waals surface area contributed by atoms with Crippen molar-refractivity contribution in [2.75, 3.05) is 26.2 Å². The van der Waals surface area contributed by atoms with Crippen LogP contribution < -0.4 is 5.73 Å². The van der Waals surface area contributed by atoms with Crippen molar-refractivity contribution in [3.8, 4) is 0 Å². The van der Waals surface area contributed by atoms with Crippen LogP contribution in [0, 0.1) is 0 Å². The number of nitrogens with two attached hydrogens (primary N) is 1. The fourth-order valence-electron chi connectivity index (χ4n) is 2.28. The van der Waals surface area contributed by atoms with Crippen LogP contribution in [0.25, 0.3) is 0 Å². The highest BCUT2D eigenvalue weighted by atomic mass is 35.5. The Morgan fingerprint density at radius 2 is 1.55 bits per heavy atom. The molecule has 8 heteroatoms. The van der Waals surface area contributed by atoms with Gasteiger partial charge in [-0.25, -0.2) is 0 Å². The van der Waals surface area contributed by atoms with E-state index in [9.17, 15) is 9.59 Å². The first-order valence-corrected chi connectivity index (χ1v) is 7.45. The minimum atomic E-state index is -0.523. The van der Waals surface area contributed by atoms with E-state index in [1.165, 1.54) is 0 Å². The molecule has 0 spiro atoms. The normalized spacial score (nSPS) is 16.0. The number of hydrogen-bond donors (Lipinski definition) is 1. The average molecular weight is 367 g/mol. The molecule has 22 heavy (non-hydrogen) atoms. The molecule has 1 saturated heterocycles. The molecular weight excluding hydrogens is 349 g/mol. The zero-order valence-corrected chi connectivity index (χ0v) is 14.4. The smallest absolute Gasteiger partial charge is 0.257 e. The van der Waals surface area contributed by atoms with Crippen LogP contribution in [0.2, 0.25) is 10.0 Å². The lowest BCUT2D eigenvalue weighted by molar-refractivity contribution is -0.133. The van der Waals surface area contributed by atoms with Gasteiger partial charge in [0.1, 0.15) is 0 Å². The molecule has 0 radical (unpaired) electrons. The Kier molecular flexibility index (Phi) is 6.94. The minimum absolute atomic E-state index is 0. The summed E-state index contributed by atoms with van der Waals surface area (Å²) in [5.41, 5.74) is 5.90. The summed E-state index contributed by atoms with van der Waals surface area (Å²) in [6, 6.07) is 4.44. The van der Waals surface area contributed by atoms with E-state index in [4.69, 9.17) is 28.9 Å². The predicted octanol–water partition coefficient (Wildman–Crippen LogP) is 2.05. The second-order valence-electron chi connectivity index (χ2n) is 5.00. The Labute approximate surface area is 145 Å². The summed E-state index contributed by atoms with van der Waals surface area (Å²) < 4.78 is 0. The van der Waals surface area contributed by atoms with Gasteiger partial charge in [-0.15, -0.1) is 12.4 Å². The Morgan fingerprint density at radius 1 is 1.09 bits per heavy atom. The molecule has 2 N–H and O–H groups in total. The first-order chi connectivity index (χ1) is 9.91. The average Bonchev–Trinajstić information content (AvgIpc) is 2.46. The van der Waals surface area contributed by atoms with Crippen LogP contribution in [0.1, 0.15) is 17.3 Å². The SMILES string of the molecule is C[C@@H](N)C(=O)N1CCN(C(=O)c2c(Cl)cccc2Cl)CC1.Cl. The van der Waals surface area contributed by atoms with Gasteiger partial charge in [-0.1, -0.05) is 29.3 Å². The number of nitrogens with zero attached hydrogens (tertiary/aromatic N) is 2. The standard InChI is InChI=1S/C14H17Cl2N3O2.ClH/c1-9(17)13(20)18-5-7-19(8-6-18)14(21)12-10(15)3-2-4-11(12)16;/h2-4,9H,5-8,17H2,1H3;1H/t9-;/m1./s1. The fraction of sp³-hybridized carbons (Fsp3) is 0.429. The number of benzene rings is 1. The lowest BCUT2D eigenvalue weighted by Gasteiger charge is -2.35. The van der Waals surface area contributed by atoms with Gasteiger partial charge < -0.3 is 15.5 Å². The molecule has 0 unspecified atom stereocenters. The molecule has 2 amide bonds. The van der Waals surface area contributed by atoms with Gasteiger partial charge >= 0.3 is 0 Å². The Morgan fingerprint density at radius 3 is 2.00 bits per heavy atom. The number of halogens is 3. The summed E-state index contributed by atoms with van der Waals surface area (Å²) in [4.78, 5) is 27.6. The summed E-state index contributed by atoms with van der Waals surface area (Å²) in [7, 11) is 0. The lowest BCUT2D eigenvalue weighted by Crippen LogP contribution is -2.53. The van der Waals surface area contributed by atoms with Crippen molar-refractivity contribution in [1.29, 1.82) is 0 Å².